The SMILES string of the molecule is CC(C)CC(CNC(=O)Oc1ccccc1)C(=O)O. The Balaban J connectivity index is 2.42. The highest BCUT2D eigenvalue weighted by atomic mass is 16.6. The van der Waals surface area contributed by atoms with Crippen LogP contribution in [0.4, 0.5) is 4.79 Å². The van der Waals surface area contributed by atoms with Gasteiger partial charge in [0.25, 0.3) is 0 Å². The van der Waals surface area contributed by atoms with Gasteiger partial charge in [-0.15, -0.1) is 0 Å². The van der Waals surface area contributed by atoms with Gasteiger partial charge >= 0.3 is 12.1 Å². The minimum Gasteiger partial charge on any atom is -0.481 e. The lowest BCUT2D eigenvalue weighted by Gasteiger charge is -2.15. The van der Waals surface area contributed by atoms with Crippen molar-refractivity contribution in [2.24, 2.45) is 11.8 Å². The maximum atomic E-state index is 11.5. The molecule has 0 aromatic heterocycles. The van der Waals surface area contributed by atoms with Crippen LogP contribution >= 0.6 is 0 Å². The number of aliphatic carboxylic acids is 1. The second-order valence-electron chi connectivity index (χ2n) is 4.75. The maximum Gasteiger partial charge on any atom is 0.412 e. The summed E-state index contributed by atoms with van der Waals surface area (Å²) >= 11 is 0. The molecule has 0 heterocycles. The second-order valence-corrected chi connectivity index (χ2v) is 4.75. The fraction of sp³-hybridized carbons (Fsp3) is 0.429. The lowest BCUT2D eigenvalue weighted by Crippen LogP contribution is -2.35. The van der Waals surface area contributed by atoms with E-state index in [9.17, 15) is 9.59 Å². The van der Waals surface area contributed by atoms with E-state index in [4.69, 9.17) is 9.84 Å². The van der Waals surface area contributed by atoms with Gasteiger partial charge in [0.2, 0.25) is 0 Å². The molecule has 0 aliphatic rings. The Morgan fingerprint density at radius 1 is 1.26 bits per heavy atom. The highest BCUT2D eigenvalue weighted by Crippen LogP contribution is 2.12. The first-order valence-electron chi connectivity index (χ1n) is 6.22. The molecule has 19 heavy (non-hydrogen) atoms. The number of para-hydroxylation sites is 1. The van der Waals surface area contributed by atoms with Crippen LogP contribution in [0.1, 0.15) is 20.3 Å². The average Bonchev–Trinajstić information content (AvgIpc) is 2.35. The molecule has 0 fully saturated rings. The molecule has 1 aromatic carbocycles. The molecule has 5 heteroatoms. The van der Waals surface area contributed by atoms with Crippen molar-refractivity contribution in [3.63, 3.8) is 0 Å². The Hall–Kier alpha value is -2.04. The fourth-order valence-electron chi connectivity index (χ4n) is 1.68. The van der Waals surface area contributed by atoms with Gasteiger partial charge in [0.1, 0.15) is 5.75 Å². The molecule has 0 saturated carbocycles. The smallest absolute Gasteiger partial charge is 0.412 e. The van der Waals surface area contributed by atoms with E-state index in [-0.39, 0.29) is 12.5 Å². The Labute approximate surface area is 112 Å². The van der Waals surface area contributed by atoms with Crippen molar-refractivity contribution in [2.75, 3.05) is 6.54 Å². The molecule has 0 saturated heterocycles. The highest BCUT2D eigenvalue weighted by Gasteiger charge is 2.20. The van der Waals surface area contributed by atoms with Crippen LogP contribution in [0, 0.1) is 11.8 Å². The Kier molecular flexibility index (Phi) is 5.85. The first-order chi connectivity index (χ1) is 8.99. The Morgan fingerprint density at radius 2 is 1.89 bits per heavy atom. The summed E-state index contributed by atoms with van der Waals surface area (Å²) in [5, 5.41) is 11.5. The van der Waals surface area contributed by atoms with E-state index in [1.54, 1.807) is 24.3 Å². The summed E-state index contributed by atoms with van der Waals surface area (Å²) in [6, 6.07) is 8.63. The third kappa shape index (κ3) is 5.90. The standard InChI is InChI=1S/C14H19NO4/c1-10(2)8-11(13(16)17)9-15-14(18)19-12-6-4-3-5-7-12/h3-7,10-11H,8-9H2,1-2H3,(H,15,18)(H,16,17). The van der Waals surface area contributed by atoms with E-state index in [0.29, 0.717) is 12.2 Å². The number of carboxylic acids is 1. The predicted molar refractivity (Wildman–Crippen MR) is 71.0 cm³/mol. The number of amides is 1. The maximum absolute atomic E-state index is 11.5. The van der Waals surface area contributed by atoms with Crippen molar-refractivity contribution >= 4 is 12.1 Å². The molecule has 0 radical (unpaired) electrons. The van der Waals surface area contributed by atoms with Crippen molar-refractivity contribution in [2.45, 2.75) is 20.3 Å². The van der Waals surface area contributed by atoms with E-state index < -0.39 is 18.0 Å². The van der Waals surface area contributed by atoms with Crippen LogP contribution in [0.5, 0.6) is 5.75 Å². The fourth-order valence-corrected chi connectivity index (χ4v) is 1.68. The van der Waals surface area contributed by atoms with Gasteiger partial charge in [-0.05, 0) is 24.5 Å². The summed E-state index contributed by atoms with van der Waals surface area (Å²) in [6.07, 6.45) is -0.123. The molecule has 0 bridgehead atoms. The molecule has 0 aliphatic carbocycles. The van der Waals surface area contributed by atoms with Crippen LogP contribution in [0.3, 0.4) is 0 Å². The molecule has 1 aromatic rings. The van der Waals surface area contributed by atoms with Crippen LogP contribution in [0.25, 0.3) is 0 Å². The normalized spacial score (nSPS) is 11.9. The number of carboxylic acid groups (broad SMARTS) is 1. The van der Waals surface area contributed by atoms with Gasteiger partial charge in [0.05, 0.1) is 5.92 Å². The number of hydrogen-bond acceptors (Lipinski definition) is 3. The summed E-state index contributed by atoms with van der Waals surface area (Å²) in [5.41, 5.74) is 0. The molecule has 1 unspecified atom stereocenters. The van der Waals surface area contributed by atoms with Crippen molar-refractivity contribution < 1.29 is 19.4 Å². The zero-order chi connectivity index (χ0) is 14.3. The van der Waals surface area contributed by atoms with Crippen LogP contribution < -0.4 is 10.1 Å². The summed E-state index contributed by atoms with van der Waals surface area (Å²) in [7, 11) is 0. The lowest BCUT2D eigenvalue weighted by molar-refractivity contribution is -0.142. The molecule has 2 N–H and O–H groups in total. The van der Waals surface area contributed by atoms with Crippen molar-refractivity contribution in [3.8, 4) is 5.75 Å². The molecule has 1 rings (SSSR count). The largest absolute Gasteiger partial charge is 0.481 e. The van der Waals surface area contributed by atoms with Gasteiger partial charge in [-0.2, -0.15) is 0 Å². The molecule has 104 valence electrons. The minimum atomic E-state index is -0.909. The molecular formula is C14H19NO4. The topological polar surface area (TPSA) is 75.6 Å². The monoisotopic (exact) mass is 265 g/mol. The van der Waals surface area contributed by atoms with Gasteiger partial charge in [-0.25, -0.2) is 4.79 Å². The van der Waals surface area contributed by atoms with Gasteiger partial charge in [-0.3, -0.25) is 4.79 Å². The average molecular weight is 265 g/mol. The van der Waals surface area contributed by atoms with Crippen LogP contribution in [-0.4, -0.2) is 23.7 Å². The number of rotatable bonds is 6. The van der Waals surface area contributed by atoms with Crippen LogP contribution in [0.15, 0.2) is 30.3 Å². The van der Waals surface area contributed by atoms with E-state index in [2.05, 4.69) is 5.32 Å². The van der Waals surface area contributed by atoms with E-state index >= 15 is 0 Å². The summed E-state index contributed by atoms with van der Waals surface area (Å²) < 4.78 is 5.01. The minimum absolute atomic E-state index is 0.0686. The highest BCUT2D eigenvalue weighted by molar-refractivity contribution is 5.73. The first-order valence-corrected chi connectivity index (χ1v) is 6.22. The van der Waals surface area contributed by atoms with Crippen molar-refractivity contribution in [1.82, 2.24) is 5.32 Å². The lowest BCUT2D eigenvalue weighted by atomic mass is 9.97. The molecular weight excluding hydrogens is 246 g/mol. The zero-order valence-electron chi connectivity index (χ0n) is 11.1. The van der Waals surface area contributed by atoms with Crippen molar-refractivity contribution in [3.05, 3.63) is 30.3 Å². The Bertz CT molecular complexity index is 417. The summed E-state index contributed by atoms with van der Waals surface area (Å²) in [6.45, 7) is 3.95. The van der Waals surface area contributed by atoms with Gasteiger partial charge in [0.15, 0.2) is 0 Å². The predicted octanol–water partition coefficient (Wildman–Crippen LogP) is 2.52. The number of hydrogen-bond donors (Lipinski definition) is 2. The quantitative estimate of drug-likeness (QED) is 0.828. The Morgan fingerprint density at radius 3 is 2.42 bits per heavy atom. The van der Waals surface area contributed by atoms with Crippen LogP contribution in [0.2, 0.25) is 0 Å². The molecule has 5 nitrogen and oxygen atoms in total. The molecule has 1 amide bonds. The molecule has 1 atom stereocenters. The van der Waals surface area contributed by atoms with Gasteiger partial charge in [-0.1, -0.05) is 32.0 Å². The van der Waals surface area contributed by atoms with E-state index in [0.717, 1.165) is 0 Å². The van der Waals surface area contributed by atoms with Crippen molar-refractivity contribution in [1.29, 1.82) is 0 Å². The number of ether oxygens (including phenoxy) is 1. The van der Waals surface area contributed by atoms with Gasteiger partial charge in [0, 0.05) is 6.54 Å². The van der Waals surface area contributed by atoms with E-state index in [1.165, 1.54) is 0 Å². The van der Waals surface area contributed by atoms with Crippen LogP contribution in [-0.2, 0) is 4.79 Å². The number of carbonyl (C=O) groups excluding carboxylic acids is 1. The number of nitrogens with one attached hydrogen (secondary N) is 1. The third-order valence-corrected chi connectivity index (χ3v) is 2.55. The zero-order valence-corrected chi connectivity index (χ0v) is 11.1. The number of carbonyl (C=O) groups is 2. The van der Waals surface area contributed by atoms with Gasteiger partial charge < -0.3 is 15.2 Å². The summed E-state index contributed by atoms with van der Waals surface area (Å²) in [5.74, 6) is -0.819. The molecule has 0 spiro atoms. The summed E-state index contributed by atoms with van der Waals surface area (Å²) in [4.78, 5) is 22.5. The van der Waals surface area contributed by atoms with E-state index in [1.807, 2.05) is 19.9 Å². The first kappa shape index (κ1) is 15.0. The third-order valence-electron chi connectivity index (χ3n) is 2.55. The molecule has 0 aliphatic heterocycles. The number of benzene rings is 1. The second kappa shape index (κ2) is 7.41.